The average molecular weight is 405 g/mol. The molecule has 156 valence electrons. The maximum Gasteiger partial charge on any atom is 0.416 e. The molecule has 3 rings (SSSR count). The van der Waals surface area contributed by atoms with Gasteiger partial charge in [-0.05, 0) is 67.7 Å². The second kappa shape index (κ2) is 8.62. The first-order valence-electron chi connectivity index (χ1n) is 9.97. The summed E-state index contributed by atoms with van der Waals surface area (Å²) in [6, 6.07) is 5.16. The van der Waals surface area contributed by atoms with Crippen LogP contribution in [0.15, 0.2) is 36.4 Å². The molecule has 1 aliphatic carbocycles. The van der Waals surface area contributed by atoms with E-state index in [1.54, 1.807) is 0 Å². The molecule has 2 fully saturated rings. The summed E-state index contributed by atoms with van der Waals surface area (Å²) in [4.78, 5) is 13.5. The normalized spacial score (nSPS) is 23.7. The molecule has 0 aromatic heterocycles. The quantitative estimate of drug-likeness (QED) is 0.677. The minimum Gasteiger partial charge on any atom is -0.481 e. The van der Waals surface area contributed by atoms with Crippen molar-refractivity contribution in [2.45, 2.75) is 57.3 Å². The summed E-state index contributed by atoms with van der Waals surface area (Å²) in [6.07, 6.45) is -0.762. The largest absolute Gasteiger partial charge is 0.481 e. The topological polar surface area (TPSA) is 40.5 Å². The van der Waals surface area contributed by atoms with E-state index in [0.29, 0.717) is 18.9 Å². The number of carboxylic acid groups (broad SMARTS) is 1. The highest BCUT2D eigenvalue weighted by molar-refractivity contribution is 5.67. The Morgan fingerprint density at radius 3 is 2.45 bits per heavy atom. The highest BCUT2D eigenvalue weighted by atomic mass is 19.4. The summed E-state index contributed by atoms with van der Waals surface area (Å²) in [6.45, 7) is 6.38. The van der Waals surface area contributed by atoms with Crippen LogP contribution in [0, 0.1) is 23.7 Å². The SMILES string of the molecule is C=C(C)C#C[C@@H](C1CC1)N1CC[C@H](CC(=O)O)C[C@@H]1c1ccc(C(F)(F)F)cc1. The lowest BCUT2D eigenvalue weighted by Crippen LogP contribution is -2.44. The third-order valence-corrected chi connectivity index (χ3v) is 5.70. The van der Waals surface area contributed by atoms with E-state index in [-0.39, 0.29) is 24.4 Å². The van der Waals surface area contributed by atoms with E-state index >= 15 is 0 Å². The predicted molar refractivity (Wildman–Crippen MR) is 105 cm³/mol. The number of piperidine rings is 1. The van der Waals surface area contributed by atoms with Gasteiger partial charge in [0.1, 0.15) is 0 Å². The molecule has 0 amide bonds. The van der Waals surface area contributed by atoms with Gasteiger partial charge in [0.25, 0.3) is 0 Å². The molecule has 29 heavy (non-hydrogen) atoms. The van der Waals surface area contributed by atoms with Gasteiger partial charge in [-0.2, -0.15) is 13.2 Å². The molecule has 3 atom stereocenters. The fourth-order valence-electron chi connectivity index (χ4n) is 4.12. The fourth-order valence-corrected chi connectivity index (χ4v) is 4.12. The number of halogens is 3. The molecular formula is C23H26F3NO2. The highest BCUT2D eigenvalue weighted by Crippen LogP contribution is 2.43. The van der Waals surface area contributed by atoms with Crippen LogP contribution in [-0.2, 0) is 11.0 Å². The summed E-state index contributed by atoms with van der Waals surface area (Å²) in [5.41, 5.74) is 0.893. The molecule has 1 saturated carbocycles. The van der Waals surface area contributed by atoms with Crippen molar-refractivity contribution in [3.05, 3.63) is 47.5 Å². The van der Waals surface area contributed by atoms with Crippen molar-refractivity contribution in [3.8, 4) is 11.8 Å². The lowest BCUT2D eigenvalue weighted by atomic mass is 9.83. The third-order valence-electron chi connectivity index (χ3n) is 5.70. The van der Waals surface area contributed by atoms with Crippen LogP contribution in [0.2, 0.25) is 0 Å². The summed E-state index contributed by atoms with van der Waals surface area (Å²) < 4.78 is 38.9. The molecule has 1 aromatic carbocycles. The van der Waals surface area contributed by atoms with Crippen molar-refractivity contribution in [2.24, 2.45) is 11.8 Å². The Hall–Kier alpha value is -2.26. The Labute approximate surface area is 169 Å². The maximum absolute atomic E-state index is 13.0. The van der Waals surface area contributed by atoms with Gasteiger partial charge in [-0.1, -0.05) is 30.6 Å². The van der Waals surface area contributed by atoms with Crippen LogP contribution in [0.3, 0.4) is 0 Å². The molecule has 1 heterocycles. The van der Waals surface area contributed by atoms with Crippen molar-refractivity contribution < 1.29 is 23.1 Å². The van der Waals surface area contributed by atoms with Gasteiger partial charge in [-0.3, -0.25) is 9.69 Å². The minimum absolute atomic E-state index is 0.00463. The predicted octanol–water partition coefficient (Wildman–Crippen LogP) is 5.29. The Morgan fingerprint density at radius 1 is 1.28 bits per heavy atom. The van der Waals surface area contributed by atoms with E-state index in [1.807, 2.05) is 6.92 Å². The van der Waals surface area contributed by atoms with Gasteiger partial charge in [-0.15, -0.1) is 0 Å². The molecule has 1 aliphatic heterocycles. The van der Waals surface area contributed by atoms with Crippen LogP contribution < -0.4 is 0 Å². The van der Waals surface area contributed by atoms with Crippen LogP contribution in [0.1, 0.15) is 56.2 Å². The zero-order valence-electron chi connectivity index (χ0n) is 16.5. The zero-order chi connectivity index (χ0) is 21.2. The number of carboxylic acids is 1. The van der Waals surface area contributed by atoms with Crippen LogP contribution >= 0.6 is 0 Å². The lowest BCUT2D eigenvalue weighted by Gasteiger charge is -2.42. The number of rotatable bonds is 5. The molecule has 1 aromatic rings. The van der Waals surface area contributed by atoms with Crippen LogP contribution in [0.4, 0.5) is 13.2 Å². The number of carbonyl (C=O) groups is 1. The molecule has 0 radical (unpaired) electrons. The monoisotopic (exact) mass is 405 g/mol. The number of likely N-dealkylation sites (tertiary alicyclic amines) is 1. The second-order valence-corrected chi connectivity index (χ2v) is 8.19. The summed E-state index contributed by atoms with van der Waals surface area (Å²) in [5, 5.41) is 9.20. The molecule has 1 saturated heterocycles. The summed E-state index contributed by atoms with van der Waals surface area (Å²) >= 11 is 0. The van der Waals surface area contributed by atoms with Crippen molar-refractivity contribution in [1.82, 2.24) is 4.90 Å². The molecule has 3 nitrogen and oxygen atoms in total. The van der Waals surface area contributed by atoms with Gasteiger partial charge in [0.15, 0.2) is 0 Å². The first kappa shape index (κ1) is 21.4. The van der Waals surface area contributed by atoms with Gasteiger partial charge in [0.2, 0.25) is 0 Å². The standard InChI is InChI=1S/C23H26F3NO2/c1-15(2)3-10-20(17-4-5-17)27-12-11-16(14-22(28)29)13-21(27)18-6-8-19(9-7-18)23(24,25)26/h6-9,16-17,20-21H,1,4-5,11-14H2,2H3,(H,28,29)/t16-,20-,21+/m0/s1. The summed E-state index contributed by atoms with van der Waals surface area (Å²) in [7, 11) is 0. The number of benzene rings is 1. The first-order chi connectivity index (χ1) is 13.6. The molecule has 6 heteroatoms. The average Bonchev–Trinajstić information content (AvgIpc) is 3.46. The van der Waals surface area contributed by atoms with Gasteiger partial charge in [0.05, 0.1) is 11.6 Å². The highest BCUT2D eigenvalue weighted by Gasteiger charge is 2.41. The molecule has 1 N–H and O–H groups in total. The van der Waals surface area contributed by atoms with Gasteiger partial charge < -0.3 is 5.11 Å². The Kier molecular flexibility index (Phi) is 6.38. The van der Waals surface area contributed by atoms with Crippen molar-refractivity contribution in [2.75, 3.05) is 6.54 Å². The number of nitrogens with zero attached hydrogens (tertiary/aromatic N) is 1. The number of aliphatic carboxylic acids is 1. The van der Waals surface area contributed by atoms with Gasteiger partial charge in [-0.25, -0.2) is 0 Å². The van der Waals surface area contributed by atoms with Crippen molar-refractivity contribution in [3.63, 3.8) is 0 Å². The third kappa shape index (κ3) is 5.63. The number of alkyl halides is 3. The van der Waals surface area contributed by atoms with E-state index in [4.69, 9.17) is 0 Å². The first-order valence-corrected chi connectivity index (χ1v) is 9.97. The van der Waals surface area contributed by atoms with Crippen molar-refractivity contribution in [1.29, 1.82) is 0 Å². The Balaban J connectivity index is 1.90. The zero-order valence-corrected chi connectivity index (χ0v) is 16.5. The van der Waals surface area contributed by atoms with E-state index < -0.39 is 17.7 Å². The van der Waals surface area contributed by atoms with E-state index in [9.17, 15) is 23.1 Å². The van der Waals surface area contributed by atoms with E-state index in [1.165, 1.54) is 12.1 Å². The number of hydrogen-bond donors (Lipinski definition) is 1. The molecule has 0 unspecified atom stereocenters. The molecule has 2 aliphatic rings. The van der Waals surface area contributed by atoms with Gasteiger partial charge in [0, 0.05) is 19.0 Å². The lowest BCUT2D eigenvalue weighted by molar-refractivity contribution is -0.139. The minimum atomic E-state index is -4.37. The molecular weight excluding hydrogens is 379 g/mol. The van der Waals surface area contributed by atoms with Crippen LogP contribution in [0.5, 0.6) is 0 Å². The van der Waals surface area contributed by atoms with Crippen LogP contribution in [0.25, 0.3) is 0 Å². The molecule has 0 bridgehead atoms. The van der Waals surface area contributed by atoms with Crippen LogP contribution in [-0.4, -0.2) is 28.6 Å². The Bertz CT molecular complexity index is 815. The van der Waals surface area contributed by atoms with E-state index in [0.717, 1.165) is 42.5 Å². The second-order valence-electron chi connectivity index (χ2n) is 8.19. The molecule has 0 spiro atoms. The van der Waals surface area contributed by atoms with Gasteiger partial charge >= 0.3 is 12.1 Å². The number of hydrogen-bond acceptors (Lipinski definition) is 2. The fraction of sp³-hybridized carbons (Fsp3) is 0.522. The maximum atomic E-state index is 13.0. The van der Waals surface area contributed by atoms with E-state index in [2.05, 4.69) is 23.3 Å². The Morgan fingerprint density at radius 2 is 1.93 bits per heavy atom. The summed E-state index contributed by atoms with van der Waals surface area (Å²) in [5.74, 6) is 6.02. The van der Waals surface area contributed by atoms with Crippen molar-refractivity contribution >= 4 is 5.97 Å². The smallest absolute Gasteiger partial charge is 0.416 e. The number of allylic oxidation sites excluding steroid dienone is 1.